The van der Waals surface area contributed by atoms with E-state index < -0.39 is 0 Å². The van der Waals surface area contributed by atoms with Crippen LogP contribution in [0.4, 0.5) is 4.39 Å². The Morgan fingerprint density at radius 2 is 2.06 bits per heavy atom. The van der Waals surface area contributed by atoms with Gasteiger partial charge in [0.15, 0.2) is 23.8 Å². The van der Waals surface area contributed by atoms with Gasteiger partial charge < -0.3 is 18.9 Å². The highest BCUT2D eigenvalue weighted by Crippen LogP contribution is 2.32. The Labute approximate surface area is 202 Å². The van der Waals surface area contributed by atoms with Gasteiger partial charge in [0, 0.05) is 48.0 Å². The summed E-state index contributed by atoms with van der Waals surface area (Å²) in [4.78, 5) is 20.3. The van der Waals surface area contributed by atoms with Crippen LogP contribution in [0.3, 0.4) is 0 Å². The maximum Gasteiger partial charge on any atom is 0.261 e. The van der Waals surface area contributed by atoms with Crippen molar-refractivity contribution >= 4 is 16.6 Å². The van der Waals surface area contributed by atoms with Crippen LogP contribution in [0, 0.1) is 12.7 Å². The van der Waals surface area contributed by atoms with Gasteiger partial charge in [-0.25, -0.2) is 9.37 Å². The van der Waals surface area contributed by atoms with Crippen molar-refractivity contribution < 1.29 is 18.4 Å². The topological polar surface area (TPSA) is 82.1 Å². The Morgan fingerprint density at radius 3 is 2.86 bits per heavy atom. The number of benzene rings is 1. The molecule has 0 bridgehead atoms. The number of piperidine rings is 1. The Morgan fingerprint density at radius 1 is 1.23 bits per heavy atom. The number of halogens is 1. The van der Waals surface area contributed by atoms with Crippen molar-refractivity contribution in [2.45, 2.75) is 39.0 Å². The predicted molar refractivity (Wildman–Crippen MR) is 129 cm³/mol. The van der Waals surface area contributed by atoms with Crippen LogP contribution in [0.5, 0.6) is 5.75 Å². The van der Waals surface area contributed by atoms with E-state index in [9.17, 15) is 9.18 Å². The maximum atomic E-state index is 13.5. The number of hydrogen-bond donors (Lipinski definition) is 0. The normalized spacial score (nSPS) is 15.3. The van der Waals surface area contributed by atoms with E-state index in [-0.39, 0.29) is 24.1 Å². The summed E-state index contributed by atoms with van der Waals surface area (Å²) < 4.78 is 31.3. The molecule has 184 valence electrons. The van der Waals surface area contributed by atoms with Crippen LogP contribution in [0.15, 0.2) is 45.8 Å². The summed E-state index contributed by atoms with van der Waals surface area (Å²) in [7, 11) is 0. The van der Waals surface area contributed by atoms with E-state index in [1.54, 1.807) is 28.8 Å². The summed E-state index contributed by atoms with van der Waals surface area (Å²) in [6.07, 6.45) is 4.23. The van der Waals surface area contributed by atoms with Gasteiger partial charge in [-0.2, -0.15) is 0 Å². The summed E-state index contributed by atoms with van der Waals surface area (Å²) in [6, 6.07) is 8.15. The SMILES string of the molecule is CCOCOc1cccn2c(=O)c(CCN3CCC(c4noc5cc(F)ccc45)CC3)c(C)nc12. The summed E-state index contributed by atoms with van der Waals surface area (Å²) in [6.45, 7) is 7.01. The van der Waals surface area contributed by atoms with Gasteiger partial charge in [-0.15, -0.1) is 0 Å². The molecular formula is C26H29FN4O4. The van der Waals surface area contributed by atoms with Crippen LogP contribution < -0.4 is 10.3 Å². The molecule has 0 atom stereocenters. The number of rotatable bonds is 8. The highest BCUT2D eigenvalue weighted by atomic mass is 19.1. The second kappa shape index (κ2) is 10.1. The van der Waals surface area contributed by atoms with Crippen LogP contribution in [0.2, 0.25) is 0 Å². The van der Waals surface area contributed by atoms with Crippen molar-refractivity contribution in [3.63, 3.8) is 0 Å². The standard InChI is InChI=1S/C26H29FN4O4/c1-3-33-16-34-22-5-4-11-31-25(22)28-17(2)20(26(31)32)10-14-30-12-8-18(9-13-30)24-21-7-6-19(27)15-23(21)35-29-24/h4-7,11,15,18H,3,8-10,12-14,16H2,1-2H3. The lowest BCUT2D eigenvalue weighted by Gasteiger charge is -2.31. The molecular weight excluding hydrogens is 451 g/mol. The van der Waals surface area contributed by atoms with Crippen molar-refractivity contribution in [1.29, 1.82) is 0 Å². The Kier molecular flexibility index (Phi) is 6.79. The zero-order chi connectivity index (χ0) is 24.4. The second-order valence-corrected chi connectivity index (χ2v) is 8.88. The number of aryl methyl sites for hydroxylation is 1. The number of likely N-dealkylation sites (tertiary alicyclic amines) is 1. The second-order valence-electron chi connectivity index (χ2n) is 8.88. The van der Waals surface area contributed by atoms with Gasteiger partial charge in [-0.05, 0) is 70.5 Å². The highest BCUT2D eigenvalue weighted by molar-refractivity contribution is 5.79. The molecule has 1 fully saturated rings. The molecule has 5 rings (SSSR count). The average Bonchev–Trinajstić information content (AvgIpc) is 3.28. The van der Waals surface area contributed by atoms with E-state index >= 15 is 0 Å². The minimum Gasteiger partial charge on any atom is -0.464 e. The third kappa shape index (κ3) is 4.78. The van der Waals surface area contributed by atoms with Gasteiger partial charge in [0.1, 0.15) is 5.82 Å². The van der Waals surface area contributed by atoms with Crippen LogP contribution in [-0.4, -0.2) is 52.5 Å². The molecule has 0 amide bonds. The summed E-state index contributed by atoms with van der Waals surface area (Å²) in [5.74, 6) is 0.485. The lowest BCUT2D eigenvalue weighted by atomic mass is 9.91. The number of hydrogen-bond acceptors (Lipinski definition) is 7. The quantitative estimate of drug-likeness (QED) is 0.278. The molecule has 4 heterocycles. The summed E-state index contributed by atoms with van der Waals surface area (Å²) in [5, 5.41) is 5.12. The molecule has 1 aromatic carbocycles. The van der Waals surface area contributed by atoms with Crippen LogP contribution in [-0.2, 0) is 11.2 Å². The van der Waals surface area contributed by atoms with Gasteiger partial charge in [0.05, 0.1) is 5.69 Å². The van der Waals surface area contributed by atoms with Crippen molar-refractivity contribution in [2.24, 2.45) is 0 Å². The van der Waals surface area contributed by atoms with Gasteiger partial charge in [0.25, 0.3) is 5.56 Å². The van der Waals surface area contributed by atoms with E-state index in [1.165, 1.54) is 12.1 Å². The fourth-order valence-electron chi connectivity index (χ4n) is 4.79. The molecule has 0 spiro atoms. The van der Waals surface area contributed by atoms with E-state index in [4.69, 9.17) is 14.0 Å². The zero-order valence-electron chi connectivity index (χ0n) is 20.0. The molecule has 0 unspecified atom stereocenters. The molecule has 3 aromatic heterocycles. The average molecular weight is 481 g/mol. The molecule has 8 nitrogen and oxygen atoms in total. The largest absolute Gasteiger partial charge is 0.464 e. The monoisotopic (exact) mass is 480 g/mol. The first kappa shape index (κ1) is 23.4. The third-order valence-corrected chi connectivity index (χ3v) is 6.73. The van der Waals surface area contributed by atoms with Crippen molar-refractivity contribution in [1.82, 2.24) is 19.4 Å². The molecule has 0 aliphatic carbocycles. The minimum absolute atomic E-state index is 0.0643. The number of fused-ring (bicyclic) bond motifs is 2. The lowest BCUT2D eigenvalue weighted by Crippen LogP contribution is -2.35. The molecule has 35 heavy (non-hydrogen) atoms. The first-order chi connectivity index (χ1) is 17.0. The number of nitrogens with zero attached hydrogens (tertiary/aromatic N) is 4. The first-order valence-electron chi connectivity index (χ1n) is 12.0. The summed E-state index contributed by atoms with van der Waals surface area (Å²) >= 11 is 0. The highest BCUT2D eigenvalue weighted by Gasteiger charge is 2.25. The predicted octanol–water partition coefficient (Wildman–Crippen LogP) is 4.08. The van der Waals surface area contributed by atoms with Crippen molar-refractivity contribution in [3.8, 4) is 5.75 Å². The zero-order valence-corrected chi connectivity index (χ0v) is 20.0. The van der Waals surface area contributed by atoms with Gasteiger partial charge in [-0.1, -0.05) is 5.16 Å². The van der Waals surface area contributed by atoms with E-state index in [2.05, 4.69) is 15.0 Å². The molecule has 4 aromatic rings. The smallest absolute Gasteiger partial charge is 0.261 e. The minimum atomic E-state index is -0.321. The number of ether oxygens (including phenoxy) is 2. The molecule has 1 aliphatic heterocycles. The maximum absolute atomic E-state index is 13.5. The van der Waals surface area contributed by atoms with Gasteiger partial charge in [-0.3, -0.25) is 9.20 Å². The number of pyridine rings is 1. The van der Waals surface area contributed by atoms with Gasteiger partial charge in [0.2, 0.25) is 0 Å². The molecule has 0 N–H and O–H groups in total. The van der Waals surface area contributed by atoms with Gasteiger partial charge >= 0.3 is 0 Å². The lowest BCUT2D eigenvalue weighted by molar-refractivity contribution is 0.0229. The molecule has 1 aliphatic rings. The molecule has 1 saturated heterocycles. The fourth-order valence-corrected chi connectivity index (χ4v) is 4.79. The Balaban J connectivity index is 1.25. The fraction of sp³-hybridized carbons (Fsp3) is 0.423. The molecule has 0 saturated carbocycles. The van der Waals surface area contributed by atoms with Crippen molar-refractivity contribution in [2.75, 3.05) is 33.0 Å². The van der Waals surface area contributed by atoms with Crippen LogP contribution in [0.25, 0.3) is 16.6 Å². The Bertz CT molecular complexity index is 1390. The van der Waals surface area contributed by atoms with E-state index in [0.717, 1.165) is 54.8 Å². The third-order valence-electron chi connectivity index (χ3n) is 6.73. The Hall–Kier alpha value is -3.30. The molecule has 0 radical (unpaired) electrons. The molecule has 9 heteroatoms. The number of aromatic nitrogens is 3. The summed E-state index contributed by atoms with van der Waals surface area (Å²) in [5.41, 5.74) is 3.28. The first-order valence-corrected chi connectivity index (χ1v) is 12.0. The van der Waals surface area contributed by atoms with E-state index in [0.29, 0.717) is 30.0 Å². The van der Waals surface area contributed by atoms with E-state index in [1.807, 2.05) is 13.8 Å². The van der Waals surface area contributed by atoms with Crippen LogP contribution >= 0.6 is 0 Å². The van der Waals surface area contributed by atoms with Crippen molar-refractivity contribution in [3.05, 3.63) is 69.7 Å². The van der Waals surface area contributed by atoms with Crippen LogP contribution in [0.1, 0.15) is 42.6 Å².